The van der Waals surface area contributed by atoms with Crippen LogP contribution in [0.1, 0.15) is 15.9 Å². The molecule has 2 aromatic carbocycles. The summed E-state index contributed by atoms with van der Waals surface area (Å²) in [7, 11) is 0. The Hall–Kier alpha value is -2.95. The number of aliphatic carboxylic acids is 1. The van der Waals surface area contributed by atoms with Crippen molar-refractivity contribution in [1.82, 2.24) is 15.5 Å². The molecule has 2 aliphatic rings. The van der Waals surface area contributed by atoms with Crippen LogP contribution in [0.3, 0.4) is 0 Å². The zero-order valence-corrected chi connectivity index (χ0v) is 19.9. The molecule has 9 nitrogen and oxygen atoms in total. The number of hydrogen-bond donors (Lipinski definition) is 4. The van der Waals surface area contributed by atoms with Gasteiger partial charge in [-0.05, 0) is 29.8 Å². The van der Waals surface area contributed by atoms with Crippen LogP contribution in [0.25, 0.3) is 0 Å². The molecule has 0 aromatic heterocycles. The van der Waals surface area contributed by atoms with E-state index in [1.54, 1.807) is 42.5 Å². The lowest BCUT2D eigenvalue weighted by Gasteiger charge is -2.23. The fraction of sp³-hybridized carbons (Fsp3) is 0.273. The van der Waals surface area contributed by atoms with Crippen molar-refractivity contribution in [2.45, 2.75) is 23.9 Å². The van der Waals surface area contributed by atoms with E-state index >= 15 is 0 Å². The van der Waals surface area contributed by atoms with Gasteiger partial charge >= 0.3 is 12.0 Å². The number of halogens is 2. The number of carbonyl (C=O) groups excluding carboxylic acids is 3. The monoisotopic (exact) mass is 522 g/mol. The molecular weight excluding hydrogens is 503 g/mol. The average Bonchev–Trinajstić information content (AvgIpc) is 3.37. The summed E-state index contributed by atoms with van der Waals surface area (Å²) in [5, 5.41) is 17.9. The fourth-order valence-electron chi connectivity index (χ4n) is 3.80. The lowest BCUT2D eigenvalue weighted by molar-refractivity contribution is -0.142. The number of thioether (sulfide) groups is 1. The molecule has 4 rings (SSSR count). The molecule has 0 spiro atoms. The number of amides is 4. The second-order valence-electron chi connectivity index (χ2n) is 7.75. The Labute approximate surface area is 209 Å². The van der Waals surface area contributed by atoms with Crippen LogP contribution in [-0.2, 0) is 16.0 Å². The van der Waals surface area contributed by atoms with Crippen LogP contribution in [0.4, 0.5) is 10.5 Å². The third kappa shape index (κ3) is 5.08. The molecule has 2 saturated heterocycles. The van der Waals surface area contributed by atoms with Gasteiger partial charge in [0.05, 0.1) is 21.0 Å². The van der Waals surface area contributed by atoms with E-state index in [2.05, 4.69) is 16.0 Å². The molecule has 0 bridgehead atoms. The van der Waals surface area contributed by atoms with Crippen LogP contribution in [0.2, 0.25) is 10.0 Å². The number of carbonyl (C=O) groups is 4. The zero-order valence-electron chi connectivity index (χ0n) is 17.6. The van der Waals surface area contributed by atoms with Crippen molar-refractivity contribution in [3.05, 3.63) is 63.6 Å². The highest BCUT2D eigenvalue weighted by molar-refractivity contribution is 8.00. The van der Waals surface area contributed by atoms with E-state index in [0.29, 0.717) is 23.5 Å². The minimum Gasteiger partial charge on any atom is -0.480 e. The molecule has 178 valence electrons. The third-order valence-electron chi connectivity index (χ3n) is 5.51. The quantitative estimate of drug-likeness (QED) is 0.442. The van der Waals surface area contributed by atoms with Crippen LogP contribution in [0, 0.1) is 0 Å². The number of hydrogen-bond acceptors (Lipinski definition) is 5. The summed E-state index contributed by atoms with van der Waals surface area (Å²) in [6.45, 7) is 0.460. The highest BCUT2D eigenvalue weighted by Crippen LogP contribution is 2.32. The number of carboxylic acids is 1. The highest BCUT2D eigenvalue weighted by atomic mass is 35.5. The normalized spacial score (nSPS) is 19.8. The van der Waals surface area contributed by atoms with Gasteiger partial charge in [0.25, 0.3) is 5.91 Å². The van der Waals surface area contributed by atoms with Crippen molar-refractivity contribution in [3.63, 3.8) is 0 Å². The molecule has 1 unspecified atom stereocenters. The Balaban J connectivity index is 1.39. The van der Waals surface area contributed by atoms with Gasteiger partial charge < -0.3 is 21.1 Å². The van der Waals surface area contributed by atoms with Gasteiger partial charge in [0.1, 0.15) is 12.1 Å². The first-order chi connectivity index (χ1) is 16.2. The van der Waals surface area contributed by atoms with Crippen LogP contribution in [0.15, 0.2) is 42.5 Å². The van der Waals surface area contributed by atoms with Gasteiger partial charge in [-0.15, -0.1) is 11.8 Å². The standard InChI is InChI=1S/C22H20Cl2N4O5S/c23-13-2-1-3-14(24)18(13)20(30)26-12-6-4-11(5-7-12)8-15(21(31)32)27-19(29)16-10-34-17-9-25-22(33)28(16)17/h1-7,15-17H,8-10H2,(H,25,33)(H,26,30)(H,27,29)(H,31,32)/t15-,16?,17-/m0/s1. The Morgan fingerprint density at radius 3 is 2.47 bits per heavy atom. The molecule has 12 heteroatoms. The molecule has 0 aliphatic carbocycles. The summed E-state index contributed by atoms with van der Waals surface area (Å²) in [5.41, 5.74) is 1.26. The summed E-state index contributed by atoms with van der Waals surface area (Å²) in [6.07, 6.45) is 0.0289. The summed E-state index contributed by atoms with van der Waals surface area (Å²) >= 11 is 13.6. The molecular formula is C22H20Cl2N4O5S. The second-order valence-corrected chi connectivity index (χ2v) is 9.77. The smallest absolute Gasteiger partial charge is 0.326 e. The Morgan fingerprint density at radius 1 is 1.15 bits per heavy atom. The second kappa shape index (κ2) is 10.1. The number of anilines is 1. The van der Waals surface area contributed by atoms with Crippen LogP contribution >= 0.6 is 35.0 Å². The first-order valence-electron chi connectivity index (χ1n) is 10.3. The number of nitrogens with one attached hydrogen (secondary N) is 3. The van der Waals surface area contributed by atoms with Crippen molar-refractivity contribution in [3.8, 4) is 0 Å². The first kappa shape index (κ1) is 24.2. The van der Waals surface area contributed by atoms with Crippen molar-refractivity contribution in [2.75, 3.05) is 17.6 Å². The van der Waals surface area contributed by atoms with Crippen LogP contribution < -0.4 is 16.0 Å². The number of urea groups is 1. The van der Waals surface area contributed by atoms with Crippen molar-refractivity contribution in [1.29, 1.82) is 0 Å². The van der Waals surface area contributed by atoms with E-state index in [0.717, 1.165) is 0 Å². The molecule has 2 heterocycles. The number of fused-ring (bicyclic) bond motifs is 1. The van der Waals surface area contributed by atoms with E-state index in [1.165, 1.54) is 16.7 Å². The van der Waals surface area contributed by atoms with Crippen molar-refractivity contribution >= 4 is 64.5 Å². The maximum Gasteiger partial charge on any atom is 0.326 e. The summed E-state index contributed by atoms with van der Waals surface area (Å²) < 4.78 is 0. The Morgan fingerprint density at radius 2 is 1.82 bits per heavy atom. The lowest BCUT2D eigenvalue weighted by atomic mass is 10.0. The molecule has 2 aromatic rings. The molecule has 0 saturated carbocycles. The predicted octanol–water partition coefficient (Wildman–Crippen LogP) is 2.82. The van der Waals surface area contributed by atoms with Crippen LogP contribution in [-0.4, -0.2) is 63.6 Å². The fourth-order valence-corrected chi connectivity index (χ4v) is 5.69. The SMILES string of the molecule is O=C(Nc1ccc(C[C@H](NC(=O)C2CS[C@H]3CNC(=O)N23)C(=O)O)cc1)c1c(Cl)cccc1Cl. The maximum absolute atomic E-state index is 12.7. The topological polar surface area (TPSA) is 128 Å². The molecule has 2 aliphatic heterocycles. The Bertz CT molecular complexity index is 1130. The Kier molecular flexibility index (Phi) is 7.20. The first-order valence-corrected chi connectivity index (χ1v) is 12.1. The van der Waals surface area contributed by atoms with Gasteiger partial charge in [-0.25, -0.2) is 9.59 Å². The number of rotatable bonds is 7. The van der Waals surface area contributed by atoms with Crippen LogP contribution in [0.5, 0.6) is 0 Å². The van der Waals surface area contributed by atoms with Crippen molar-refractivity contribution in [2.24, 2.45) is 0 Å². The van der Waals surface area contributed by atoms with E-state index in [4.69, 9.17) is 23.2 Å². The largest absolute Gasteiger partial charge is 0.480 e. The molecule has 2 fully saturated rings. The predicted molar refractivity (Wildman–Crippen MR) is 129 cm³/mol. The van der Waals surface area contributed by atoms with E-state index in [1.807, 2.05) is 0 Å². The number of carboxylic acid groups (broad SMARTS) is 1. The molecule has 4 amide bonds. The minimum absolute atomic E-state index is 0.0289. The molecule has 4 N–H and O–H groups in total. The van der Waals surface area contributed by atoms with E-state index < -0.39 is 29.9 Å². The van der Waals surface area contributed by atoms with Gasteiger partial charge in [0.2, 0.25) is 5.91 Å². The third-order valence-corrected chi connectivity index (χ3v) is 7.43. The number of nitrogens with zero attached hydrogens (tertiary/aromatic N) is 1. The zero-order chi connectivity index (χ0) is 24.4. The average molecular weight is 523 g/mol. The maximum atomic E-state index is 12.7. The summed E-state index contributed by atoms with van der Waals surface area (Å²) in [4.78, 5) is 50.5. The molecule has 3 atom stereocenters. The van der Waals surface area contributed by atoms with E-state index in [-0.39, 0.29) is 33.4 Å². The van der Waals surface area contributed by atoms with E-state index in [9.17, 15) is 24.3 Å². The molecule has 34 heavy (non-hydrogen) atoms. The van der Waals surface area contributed by atoms with Gasteiger partial charge in [-0.3, -0.25) is 14.5 Å². The lowest BCUT2D eigenvalue weighted by Crippen LogP contribution is -2.52. The van der Waals surface area contributed by atoms with Gasteiger partial charge in [-0.1, -0.05) is 41.4 Å². The minimum atomic E-state index is -1.19. The van der Waals surface area contributed by atoms with Gasteiger partial charge in [0.15, 0.2) is 0 Å². The van der Waals surface area contributed by atoms with Crippen molar-refractivity contribution < 1.29 is 24.3 Å². The summed E-state index contributed by atoms with van der Waals surface area (Å²) in [5.74, 6) is -1.75. The highest BCUT2D eigenvalue weighted by Gasteiger charge is 2.45. The summed E-state index contributed by atoms with van der Waals surface area (Å²) in [6, 6.07) is 9.09. The van der Waals surface area contributed by atoms with Gasteiger partial charge in [0, 0.05) is 24.4 Å². The number of benzene rings is 2. The molecule has 0 radical (unpaired) electrons. The van der Waals surface area contributed by atoms with Gasteiger partial charge in [-0.2, -0.15) is 0 Å².